The molecule has 0 N–H and O–H groups in total. The highest BCUT2D eigenvalue weighted by molar-refractivity contribution is 6.31. The molecule has 0 aliphatic rings. The lowest BCUT2D eigenvalue weighted by Gasteiger charge is -2.11. The number of carbonyl (C=O) groups is 1. The van der Waals surface area contributed by atoms with E-state index in [1.54, 1.807) is 18.5 Å². The molecule has 1 atom stereocenters. The standard InChI is InChI=1S/C20H22ClN3O3/c1-12-6-7-13(2)18(8-12)24-19(21)17(15(4)23-24)9-16(10-22)20(25)27-14(3)11-26-5/h6-9,14H,11H2,1-5H3/b16-9+/t14-/m1/s1. The zero-order valence-electron chi connectivity index (χ0n) is 16.0. The van der Waals surface area contributed by atoms with Crippen LogP contribution in [0.1, 0.15) is 29.3 Å². The second-order valence-corrected chi connectivity index (χ2v) is 6.69. The lowest BCUT2D eigenvalue weighted by Crippen LogP contribution is -2.20. The molecular formula is C20H22ClN3O3. The summed E-state index contributed by atoms with van der Waals surface area (Å²) in [5.41, 5.74) is 3.89. The second kappa shape index (κ2) is 8.85. The molecule has 0 unspecified atom stereocenters. The lowest BCUT2D eigenvalue weighted by molar-refractivity contribution is -0.145. The molecule has 1 aromatic heterocycles. The Balaban J connectivity index is 2.43. The number of aryl methyl sites for hydroxylation is 3. The second-order valence-electron chi connectivity index (χ2n) is 6.33. The molecule has 0 spiro atoms. The van der Waals surface area contributed by atoms with E-state index in [0.717, 1.165) is 16.8 Å². The molecule has 6 nitrogen and oxygen atoms in total. The minimum atomic E-state index is -0.725. The minimum Gasteiger partial charge on any atom is -0.456 e. The third-order valence-corrected chi connectivity index (χ3v) is 4.34. The van der Waals surface area contributed by atoms with Crippen LogP contribution in [-0.2, 0) is 14.3 Å². The number of esters is 1. The highest BCUT2D eigenvalue weighted by Gasteiger charge is 2.19. The van der Waals surface area contributed by atoms with Crippen LogP contribution < -0.4 is 0 Å². The van der Waals surface area contributed by atoms with Crippen molar-refractivity contribution in [3.8, 4) is 11.8 Å². The molecule has 142 valence electrons. The van der Waals surface area contributed by atoms with Gasteiger partial charge in [-0.15, -0.1) is 0 Å². The van der Waals surface area contributed by atoms with Gasteiger partial charge in [0.1, 0.15) is 22.9 Å². The number of nitriles is 1. The number of carbonyl (C=O) groups excluding carboxylic acids is 1. The Kier molecular flexibility index (Phi) is 6.78. The van der Waals surface area contributed by atoms with E-state index in [2.05, 4.69) is 5.10 Å². The largest absolute Gasteiger partial charge is 0.456 e. The van der Waals surface area contributed by atoms with E-state index in [1.807, 2.05) is 38.1 Å². The first-order chi connectivity index (χ1) is 12.8. The Labute approximate surface area is 164 Å². The molecule has 0 amide bonds. The van der Waals surface area contributed by atoms with Crippen LogP contribution in [0.4, 0.5) is 0 Å². The average molecular weight is 388 g/mol. The summed E-state index contributed by atoms with van der Waals surface area (Å²) in [7, 11) is 1.51. The number of benzene rings is 1. The Hall–Kier alpha value is -2.62. The van der Waals surface area contributed by atoms with Crippen LogP contribution >= 0.6 is 11.6 Å². The van der Waals surface area contributed by atoms with Crippen molar-refractivity contribution in [2.75, 3.05) is 13.7 Å². The Morgan fingerprint density at radius 1 is 1.41 bits per heavy atom. The van der Waals surface area contributed by atoms with Crippen LogP contribution in [0.5, 0.6) is 0 Å². The molecule has 27 heavy (non-hydrogen) atoms. The summed E-state index contributed by atoms with van der Waals surface area (Å²) in [5, 5.41) is 14.2. The van der Waals surface area contributed by atoms with Crippen molar-refractivity contribution in [2.45, 2.75) is 33.8 Å². The number of hydrogen-bond donors (Lipinski definition) is 0. The molecule has 2 rings (SSSR count). The summed E-state index contributed by atoms with van der Waals surface area (Å²) in [4.78, 5) is 12.2. The van der Waals surface area contributed by atoms with Gasteiger partial charge >= 0.3 is 5.97 Å². The molecule has 1 heterocycles. The van der Waals surface area contributed by atoms with E-state index in [0.29, 0.717) is 16.4 Å². The van der Waals surface area contributed by atoms with E-state index < -0.39 is 12.1 Å². The van der Waals surface area contributed by atoms with Crippen LogP contribution in [0.15, 0.2) is 23.8 Å². The van der Waals surface area contributed by atoms with Gasteiger partial charge in [0, 0.05) is 12.7 Å². The molecule has 7 heteroatoms. The van der Waals surface area contributed by atoms with E-state index >= 15 is 0 Å². The zero-order chi connectivity index (χ0) is 20.1. The minimum absolute atomic E-state index is 0.150. The topological polar surface area (TPSA) is 77.1 Å². The zero-order valence-corrected chi connectivity index (χ0v) is 16.8. The smallest absolute Gasteiger partial charge is 0.349 e. The van der Waals surface area contributed by atoms with Crippen molar-refractivity contribution in [2.24, 2.45) is 0 Å². The number of rotatable bonds is 6. The summed E-state index contributed by atoms with van der Waals surface area (Å²) < 4.78 is 11.7. The molecule has 0 radical (unpaired) electrons. The maximum Gasteiger partial charge on any atom is 0.349 e. The quantitative estimate of drug-likeness (QED) is 0.426. The van der Waals surface area contributed by atoms with Gasteiger partial charge in [-0.05, 0) is 51.0 Å². The number of nitrogens with zero attached hydrogens (tertiary/aromatic N) is 3. The number of hydrogen-bond acceptors (Lipinski definition) is 5. The highest BCUT2D eigenvalue weighted by atomic mass is 35.5. The van der Waals surface area contributed by atoms with Gasteiger partial charge in [0.15, 0.2) is 0 Å². The molecule has 0 saturated heterocycles. The van der Waals surface area contributed by atoms with Crippen LogP contribution in [0.25, 0.3) is 11.8 Å². The molecule has 0 bridgehead atoms. The highest BCUT2D eigenvalue weighted by Crippen LogP contribution is 2.27. The molecule has 0 aliphatic heterocycles. The number of ether oxygens (including phenoxy) is 2. The predicted molar refractivity (Wildman–Crippen MR) is 104 cm³/mol. The van der Waals surface area contributed by atoms with E-state index in [4.69, 9.17) is 21.1 Å². The van der Waals surface area contributed by atoms with Gasteiger partial charge in [-0.1, -0.05) is 23.7 Å². The first-order valence-corrected chi connectivity index (χ1v) is 8.80. The molecule has 2 aromatic rings. The van der Waals surface area contributed by atoms with E-state index in [1.165, 1.54) is 13.2 Å². The van der Waals surface area contributed by atoms with Crippen molar-refractivity contribution in [3.05, 3.63) is 51.3 Å². The Bertz CT molecular complexity index is 925. The lowest BCUT2D eigenvalue weighted by atomic mass is 10.1. The van der Waals surface area contributed by atoms with Gasteiger partial charge in [-0.25, -0.2) is 9.48 Å². The fourth-order valence-electron chi connectivity index (χ4n) is 2.58. The summed E-state index contributed by atoms with van der Waals surface area (Å²) in [6, 6.07) is 7.85. The van der Waals surface area contributed by atoms with Crippen molar-refractivity contribution in [1.82, 2.24) is 9.78 Å². The number of halogens is 1. The van der Waals surface area contributed by atoms with Crippen LogP contribution in [-0.4, -0.2) is 35.6 Å². The monoisotopic (exact) mass is 387 g/mol. The summed E-state index contributed by atoms with van der Waals surface area (Å²) in [5.74, 6) is -0.725. The third-order valence-electron chi connectivity index (χ3n) is 3.98. The predicted octanol–water partition coefficient (Wildman–Crippen LogP) is 3.94. The fraction of sp³-hybridized carbons (Fsp3) is 0.350. The van der Waals surface area contributed by atoms with Gasteiger partial charge in [-0.3, -0.25) is 0 Å². The maximum absolute atomic E-state index is 12.2. The number of methoxy groups -OCH3 is 1. The maximum atomic E-state index is 12.2. The Morgan fingerprint density at radius 2 is 2.11 bits per heavy atom. The fourth-order valence-corrected chi connectivity index (χ4v) is 2.90. The van der Waals surface area contributed by atoms with Crippen LogP contribution in [0, 0.1) is 32.1 Å². The van der Waals surface area contributed by atoms with Gasteiger partial charge in [0.05, 0.1) is 18.0 Å². The van der Waals surface area contributed by atoms with Crippen molar-refractivity contribution in [1.29, 1.82) is 5.26 Å². The van der Waals surface area contributed by atoms with Crippen molar-refractivity contribution in [3.63, 3.8) is 0 Å². The molecular weight excluding hydrogens is 366 g/mol. The molecule has 0 aliphatic carbocycles. The normalized spacial score (nSPS) is 12.6. The summed E-state index contributed by atoms with van der Waals surface area (Å²) >= 11 is 6.52. The third kappa shape index (κ3) is 4.76. The van der Waals surface area contributed by atoms with Gasteiger partial charge in [0.2, 0.25) is 0 Å². The average Bonchev–Trinajstić information content (AvgIpc) is 2.89. The summed E-state index contributed by atoms with van der Waals surface area (Å²) in [6.07, 6.45) is 0.947. The van der Waals surface area contributed by atoms with Crippen LogP contribution in [0.2, 0.25) is 5.15 Å². The SMILES string of the molecule is COC[C@@H](C)OC(=O)/C(C#N)=C/c1c(C)nn(-c2cc(C)ccc2C)c1Cl. The number of aromatic nitrogens is 2. The van der Waals surface area contributed by atoms with Crippen LogP contribution in [0.3, 0.4) is 0 Å². The van der Waals surface area contributed by atoms with Gasteiger partial charge in [-0.2, -0.15) is 10.4 Å². The van der Waals surface area contributed by atoms with E-state index in [9.17, 15) is 10.1 Å². The van der Waals surface area contributed by atoms with E-state index in [-0.39, 0.29) is 12.2 Å². The van der Waals surface area contributed by atoms with Crippen molar-refractivity contribution >= 4 is 23.6 Å². The molecule has 1 aromatic carbocycles. The summed E-state index contributed by atoms with van der Waals surface area (Å²) in [6.45, 7) is 7.65. The molecule has 0 fully saturated rings. The molecule has 0 saturated carbocycles. The Morgan fingerprint density at radius 3 is 2.74 bits per heavy atom. The first-order valence-electron chi connectivity index (χ1n) is 8.43. The van der Waals surface area contributed by atoms with Gasteiger partial charge in [0.25, 0.3) is 0 Å². The first kappa shape index (κ1) is 20.7. The van der Waals surface area contributed by atoms with Crippen molar-refractivity contribution < 1.29 is 14.3 Å². The van der Waals surface area contributed by atoms with Gasteiger partial charge < -0.3 is 9.47 Å².